The fourth-order valence-electron chi connectivity index (χ4n) is 4.11. The monoisotopic (exact) mass is 380 g/mol. The van der Waals surface area contributed by atoms with E-state index in [-0.39, 0.29) is 0 Å². The molecule has 3 heteroatoms. The topological polar surface area (TPSA) is 35.0 Å². The van der Waals surface area contributed by atoms with Gasteiger partial charge in [0.05, 0.1) is 24.2 Å². The molecule has 1 aliphatic carbocycles. The van der Waals surface area contributed by atoms with E-state index in [1.54, 1.807) is 0 Å². The first-order valence-corrected chi connectivity index (χ1v) is 11.3. The zero-order valence-electron chi connectivity index (χ0n) is 17.7. The maximum Gasteiger partial charge on any atom is 0.119 e. The van der Waals surface area contributed by atoms with Crippen LogP contribution in [-0.2, 0) is 6.42 Å². The number of hydrogen-bond donors (Lipinski definition) is 0. The largest absolute Gasteiger partial charge is 0.493 e. The number of unbranched alkanes of at least 4 members (excludes halogenated alkanes) is 3. The molecule has 0 amide bonds. The Kier molecular flexibility index (Phi) is 8.32. The second-order valence-corrected chi connectivity index (χ2v) is 8.33. The molecule has 152 valence electrons. The summed E-state index contributed by atoms with van der Waals surface area (Å²) in [6.07, 6.45) is 16.6. The van der Waals surface area contributed by atoms with Crippen molar-refractivity contribution in [2.75, 3.05) is 6.61 Å². The number of benzene rings is 1. The van der Waals surface area contributed by atoms with Crippen molar-refractivity contribution in [3.63, 3.8) is 0 Å². The van der Waals surface area contributed by atoms with Crippen LogP contribution in [0.3, 0.4) is 0 Å². The van der Waals surface area contributed by atoms with E-state index in [0.717, 1.165) is 47.6 Å². The number of rotatable bonds is 10. The quantitative estimate of drug-likeness (QED) is 0.422. The van der Waals surface area contributed by atoms with Gasteiger partial charge < -0.3 is 4.74 Å². The number of nitrogens with zero attached hydrogens (tertiary/aromatic N) is 2. The van der Waals surface area contributed by atoms with Crippen LogP contribution in [0, 0.1) is 11.8 Å². The molecule has 0 unspecified atom stereocenters. The molecule has 1 aromatic heterocycles. The summed E-state index contributed by atoms with van der Waals surface area (Å²) in [6.45, 7) is 5.40. The predicted molar refractivity (Wildman–Crippen MR) is 117 cm³/mol. The normalized spacial score (nSPS) is 19.5. The summed E-state index contributed by atoms with van der Waals surface area (Å²) in [5.74, 6) is 2.62. The lowest BCUT2D eigenvalue weighted by molar-refractivity contribution is 0.181. The Morgan fingerprint density at radius 2 is 1.61 bits per heavy atom. The number of aryl methyl sites for hydroxylation is 1. The third kappa shape index (κ3) is 6.32. The molecule has 0 N–H and O–H groups in total. The van der Waals surface area contributed by atoms with E-state index < -0.39 is 0 Å². The van der Waals surface area contributed by atoms with Crippen LogP contribution in [0.5, 0.6) is 5.75 Å². The highest BCUT2D eigenvalue weighted by molar-refractivity contribution is 5.58. The van der Waals surface area contributed by atoms with Crippen LogP contribution in [0.15, 0.2) is 36.7 Å². The van der Waals surface area contributed by atoms with Crippen molar-refractivity contribution in [1.82, 2.24) is 9.97 Å². The summed E-state index contributed by atoms with van der Waals surface area (Å²) >= 11 is 0. The van der Waals surface area contributed by atoms with E-state index in [2.05, 4.69) is 48.1 Å². The van der Waals surface area contributed by atoms with Gasteiger partial charge in [-0.3, -0.25) is 9.97 Å². The van der Waals surface area contributed by atoms with Crippen molar-refractivity contribution in [3.05, 3.63) is 42.4 Å². The van der Waals surface area contributed by atoms with Gasteiger partial charge in [-0.1, -0.05) is 52.4 Å². The smallest absolute Gasteiger partial charge is 0.119 e. The molecule has 1 heterocycles. The molecule has 1 aromatic carbocycles. The molecule has 0 bridgehead atoms. The lowest BCUT2D eigenvalue weighted by Crippen LogP contribution is -2.19. The van der Waals surface area contributed by atoms with Crippen LogP contribution in [0.25, 0.3) is 11.3 Å². The Bertz CT molecular complexity index is 673. The molecule has 0 aliphatic heterocycles. The molecular formula is C25H36N2O. The average molecular weight is 381 g/mol. The lowest BCUT2D eigenvalue weighted by atomic mass is 9.81. The van der Waals surface area contributed by atoms with Crippen molar-refractivity contribution in [2.24, 2.45) is 11.8 Å². The van der Waals surface area contributed by atoms with Crippen molar-refractivity contribution in [1.29, 1.82) is 0 Å². The molecule has 2 aromatic rings. The van der Waals surface area contributed by atoms with Gasteiger partial charge in [0.25, 0.3) is 0 Å². The van der Waals surface area contributed by atoms with Gasteiger partial charge in [-0.05, 0) is 61.8 Å². The van der Waals surface area contributed by atoms with Gasteiger partial charge in [0, 0.05) is 11.8 Å². The van der Waals surface area contributed by atoms with Crippen molar-refractivity contribution in [3.8, 4) is 17.0 Å². The summed E-state index contributed by atoms with van der Waals surface area (Å²) in [4.78, 5) is 9.20. The number of ether oxygens (including phenoxy) is 1. The van der Waals surface area contributed by atoms with Crippen LogP contribution >= 0.6 is 0 Å². The minimum Gasteiger partial charge on any atom is -0.493 e. The standard InChI is InChI=1S/C25H36N2O/c1-3-5-6-7-8-23-17-27-25(18-26-23)22-13-15-24(16-14-22)28-19-21-11-9-20(4-2)10-12-21/h13-18,20-21H,3-12,19H2,1-2H3/t20-,21-. The van der Waals surface area contributed by atoms with Gasteiger partial charge in [0.15, 0.2) is 0 Å². The first kappa shape index (κ1) is 20.8. The van der Waals surface area contributed by atoms with Crippen LogP contribution in [-0.4, -0.2) is 16.6 Å². The summed E-state index contributed by atoms with van der Waals surface area (Å²) in [6, 6.07) is 8.31. The Morgan fingerprint density at radius 1 is 0.857 bits per heavy atom. The fourth-order valence-corrected chi connectivity index (χ4v) is 4.11. The van der Waals surface area contributed by atoms with Crippen molar-refractivity contribution in [2.45, 2.75) is 78.1 Å². The summed E-state index contributed by atoms with van der Waals surface area (Å²) in [5.41, 5.74) is 3.13. The molecule has 1 aliphatic rings. The molecule has 1 saturated carbocycles. The van der Waals surface area contributed by atoms with Crippen molar-refractivity contribution >= 4 is 0 Å². The highest BCUT2D eigenvalue weighted by atomic mass is 16.5. The van der Waals surface area contributed by atoms with E-state index in [0.29, 0.717) is 0 Å². The van der Waals surface area contributed by atoms with E-state index in [1.165, 1.54) is 57.8 Å². The molecule has 1 fully saturated rings. The second-order valence-electron chi connectivity index (χ2n) is 8.33. The number of aromatic nitrogens is 2. The molecule has 0 saturated heterocycles. The average Bonchev–Trinajstić information content (AvgIpc) is 2.76. The maximum absolute atomic E-state index is 6.05. The SMILES string of the molecule is CCCCCCc1cnc(-c2ccc(OC[C@H]3CC[C@H](CC)CC3)cc2)cn1. The Balaban J connectivity index is 1.46. The molecule has 3 nitrogen and oxygen atoms in total. The van der Waals surface area contributed by atoms with E-state index in [9.17, 15) is 0 Å². The first-order chi connectivity index (χ1) is 13.8. The molecule has 3 rings (SSSR count). The molecular weight excluding hydrogens is 344 g/mol. The van der Waals surface area contributed by atoms with Gasteiger partial charge >= 0.3 is 0 Å². The molecule has 0 atom stereocenters. The zero-order valence-corrected chi connectivity index (χ0v) is 17.7. The third-order valence-electron chi connectivity index (χ3n) is 6.17. The summed E-state index contributed by atoms with van der Waals surface area (Å²) < 4.78 is 6.05. The lowest BCUT2D eigenvalue weighted by Gasteiger charge is -2.27. The molecule has 0 radical (unpaired) electrons. The second kappa shape index (κ2) is 11.2. The Hall–Kier alpha value is -1.90. The van der Waals surface area contributed by atoms with Crippen LogP contribution < -0.4 is 4.74 Å². The molecule has 0 spiro atoms. The van der Waals surface area contributed by atoms with Crippen molar-refractivity contribution < 1.29 is 4.74 Å². The summed E-state index contributed by atoms with van der Waals surface area (Å²) in [7, 11) is 0. The number of hydrogen-bond acceptors (Lipinski definition) is 3. The third-order valence-corrected chi connectivity index (χ3v) is 6.17. The summed E-state index contributed by atoms with van der Waals surface area (Å²) in [5, 5.41) is 0. The van der Waals surface area contributed by atoms with E-state index >= 15 is 0 Å². The zero-order chi connectivity index (χ0) is 19.6. The van der Waals surface area contributed by atoms with Gasteiger partial charge in [-0.15, -0.1) is 0 Å². The van der Waals surface area contributed by atoms with Gasteiger partial charge in [0.1, 0.15) is 5.75 Å². The van der Waals surface area contributed by atoms with Crippen LogP contribution in [0.4, 0.5) is 0 Å². The minimum atomic E-state index is 0.721. The Labute approximate surface area is 171 Å². The molecule has 28 heavy (non-hydrogen) atoms. The predicted octanol–water partition coefficient (Wildman–Crippen LogP) is 6.86. The Morgan fingerprint density at radius 3 is 2.25 bits per heavy atom. The first-order valence-electron chi connectivity index (χ1n) is 11.3. The van der Waals surface area contributed by atoms with E-state index in [4.69, 9.17) is 4.74 Å². The highest BCUT2D eigenvalue weighted by Gasteiger charge is 2.20. The van der Waals surface area contributed by atoms with Crippen LogP contribution in [0.2, 0.25) is 0 Å². The van der Waals surface area contributed by atoms with Gasteiger partial charge in [-0.25, -0.2) is 0 Å². The van der Waals surface area contributed by atoms with Gasteiger partial charge in [0.2, 0.25) is 0 Å². The fraction of sp³-hybridized carbons (Fsp3) is 0.600. The minimum absolute atomic E-state index is 0.721. The highest BCUT2D eigenvalue weighted by Crippen LogP contribution is 2.31. The van der Waals surface area contributed by atoms with Gasteiger partial charge in [-0.2, -0.15) is 0 Å². The van der Waals surface area contributed by atoms with Crippen LogP contribution in [0.1, 0.15) is 77.3 Å². The maximum atomic E-state index is 6.05. The van der Waals surface area contributed by atoms with E-state index in [1.807, 2.05) is 12.4 Å².